The average Bonchev–Trinajstić information content (AvgIpc) is 3.49. The fraction of sp³-hybridized carbons (Fsp3) is 0.0435. The molecule has 0 bridgehead atoms. The van der Waals surface area contributed by atoms with Crippen LogP contribution in [-0.4, -0.2) is 30.6 Å². The second kappa shape index (κ2) is 7.63. The summed E-state index contributed by atoms with van der Waals surface area (Å²) >= 11 is 0. The van der Waals surface area contributed by atoms with Gasteiger partial charge >= 0.3 is 0 Å². The second-order valence-corrected chi connectivity index (χ2v) is 6.91. The lowest BCUT2D eigenvalue weighted by atomic mass is 9.97. The van der Waals surface area contributed by atoms with Gasteiger partial charge in [-0.2, -0.15) is 0 Å². The van der Waals surface area contributed by atoms with Gasteiger partial charge in [0.15, 0.2) is 0 Å². The highest BCUT2D eigenvalue weighted by Crippen LogP contribution is 2.25. The molecule has 30 heavy (non-hydrogen) atoms. The third kappa shape index (κ3) is 3.44. The van der Waals surface area contributed by atoms with Crippen LogP contribution >= 0.6 is 0 Å². The first-order valence-electron chi connectivity index (χ1n) is 9.52. The fourth-order valence-electron chi connectivity index (χ4n) is 3.47. The number of aromatic nitrogens is 5. The number of nitrogens with one attached hydrogen (secondary N) is 2. The van der Waals surface area contributed by atoms with Crippen LogP contribution in [0.1, 0.15) is 27.5 Å². The van der Waals surface area contributed by atoms with E-state index in [0.717, 1.165) is 27.8 Å². The summed E-state index contributed by atoms with van der Waals surface area (Å²) in [6.07, 6.45) is 4.90. The number of carbonyl (C=O) groups excluding carboxylic acids is 1. The minimum Gasteiger partial charge on any atom is -0.345 e. The Bertz CT molecular complexity index is 1280. The van der Waals surface area contributed by atoms with E-state index in [0.29, 0.717) is 5.56 Å². The lowest BCUT2D eigenvalue weighted by Crippen LogP contribution is -2.29. The van der Waals surface area contributed by atoms with E-state index in [2.05, 4.69) is 25.5 Å². The molecule has 0 radical (unpaired) electrons. The van der Waals surface area contributed by atoms with Gasteiger partial charge < -0.3 is 10.3 Å². The third-order valence-electron chi connectivity index (χ3n) is 5.03. The molecule has 7 heteroatoms. The minimum absolute atomic E-state index is 0.149. The summed E-state index contributed by atoms with van der Waals surface area (Å²) in [6.45, 7) is 0. The zero-order valence-corrected chi connectivity index (χ0v) is 15.9. The summed E-state index contributed by atoms with van der Waals surface area (Å²) < 4.78 is 1.79. The van der Waals surface area contributed by atoms with Gasteiger partial charge in [-0.15, -0.1) is 10.2 Å². The van der Waals surface area contributed by atoms with Crippen molar-refractivity contribution in [1.29, 1.82) is 0 Å². The number of carbonyl (C=O) groups is 1. The molecule has 1 amide bonds. The van der Waals surface area contributed by atoms with E-state index < -0.39 is 0 Å². The molecule has 0 fully saturated rings. The molecular formula is C23H18N6O. The number of aromatic amines is 1. The first kappa shape index (κ1) is 17.8. The number of fused-ring (bicyclic) bond motifs is 1. The van der Waals surface area contributed by atoms with Crippen molar-refractivity contribution in [2.45, 2.75) is 6.04 Å². The van der Waals surface area contributed by atoms with Crippen molar-refractivity contribution in [3.8, 4) is 5.69 Å². The summed E-state index contributed by atoms with van der Waals surface area (Å²) in [5.74, 6) is -0.149. The number of imidazole rings is 1. The Labute approximate surface area is 172 Å². The largest absolute Gasteiger partial charge is 0.345 e. The Kier molecular flexibility index (Phi) is 4.53. The molecule has 5 rings (SSSR count). The average molecular weight is 394 g/mol. The Hall–Kier alpha value is -4.26. The molecule has 2 N–H and O–H groups in total. The molecule has 0 aliphatic carbocycles. The number of hydrogen-bond donors (Lipinski definition) is 2. The monoisotopic (exact) mass is 394 g/mol. The number of benzene rings is 3. The highest BCUT2D eigenvalue weighted by Gasteiger charge is 2.18. The molecule has 1 atom stereocenters. The molecule has 0 spiro atoms. The molecule has 0 aliphatic rings. The van der Waals surface area contributed by atoms with E-state index in [1.54, 1.807) is 35.7 Å². The van der Waals surface area contributed by atoms with Crippen molar-refractivity contribution in [2.75, 3.05) is 0 Å². The summed E-state index contributed by atoms with van der Waals surface area (Å²) in [5.41, 5.74) is 5.27. The normalized spacial score (nSPS) is 12.0. The molecule has 0 aliphatic heterocycles. The molecular weight excluding hydrogens is 376 g/mol. The van der Waals surface area contributed by atoms with E-state index in [4.69, 9.17) is 0 Å². The Balaban J connectivity index is 1.45. The number of hydrogen-bond acceptors (Lipinski definition) is 4. The third-order valence-corrected chi connectivity index (χ3v) is 5.03. The highest BCUT2D eigenvalue weighted by molar-refractivity contribution is 5.95. The van der Waals surface area contributed by atoms with E-state index in [1.807, 2.05) is 60.7 Å². The van der Waals surface area contributed by atoms with Gasteiger partial charge in [-0.3, -0.25) is 9.36 Å². The summed E-state index contributed by atoms with van der Waals surface area (Å²) in [6, 6.07) is 22.9. The van der Waals surface area contributed by atoms with Crippen LogP contribution in [0.25, 0.3) is 16.7 Å². The summed E-state index contributed by atoms with van der Waals surface area (Å²) in [5, 5.41) is 10.8. The van der Waals surface area contributed by atoms with E-state index in [-0.39, 0.29) is 11.9 Å². The Morgan fingerprint density at radius 1 is 0.900 bits per heavy atom. The molecule has 7 nitrogen and oxygen atoms in total. The van der Waals surface area contributed by atoms with Gasteiger partial charge in [0.1, 0.15) is 12.7 Å². The SMILES string of the molecule is O=C(NC(c1ccccc1)c1ccc2nc[nH]c2c1)c1ccc(-n2cnnc2)cc1. The topological polar surface area (TPSA) is 88.5 Å². The molecule has 0 saturated carbocycles. The number of amides is 1. The van der Waals surface area contributed by atoms with Crippen molar-refractivity contribution >= 4 is 16.9 Å². The van der Waals surface area contributed by atoms with Gasteiger partial charge in [-0.25, -0.2) is 4.98 Å². The first-order chi connectivity index (χ1) is 14.8. The maximum atomic E-state index is 13.1. The fourth-order valence-corrected chi connectivity index (χ4v) is 3.47. The van der Waals surface area contributed by atoms with Crippen molar-refractivity contribution in [3.63, 3.8) is 0 Å². The molecule has 0 saturated heterocycles. The molecule has 146 valence electrons. The molecule has 1 unspecified atom stereocenters. The molecule has 5 aromatic rings. The number of H-pyrrole nitrogens is 1. The number of rotatable bonds is 5. The van der Waals surface area contributed by atoms with Crippen LogP contribution in [0.2, 0.25) is 0 Å². The summed E-state index contributed by atoms with van der Waals surface area (Å²) in [7, 11) is 0. The maximum Gasteiger partial charge on any atom is 0.252 e. The van der Waals surface area contributed by atoms with Gasteiger partial charge in [0.2, 0.25) is 0 Å². The van der Waals surface area contributed by atoms with Crippen molar-refractivity contribution < 1.29 is 4.79 Å². The van der Waals surface area contributed by atoms with Crippen LogP contribution in [0.4, 0.5) is 0 Å². The number of nitrogens with zero attached hydrogens (tertiary/aromatic N) is 4. The van der Waals surface area contributed by atoms with Gasteiger partial charge in [-0.05, 0) is 47.5 Å². The van der Waals surface area contributed by atoms with Crippen molar-refractivity contribution in [2.24, 2.45) is 0 Å². The van der Waals surface area contributed by atoms with Crippen LogP contribution < -0.4 is 5.32 Å². The molecule has 2 heterocycles. The van der Waals surface area contributed by atoms with E-state index in [1.165, 1.54) is 0 Å². The van der Waals surface area contributed by atoms with Gasteiger partial charge in [-0.1, -0.05) is 36.4 Å². The van der Waals surface area contributed by atoms with Crippen LogP contribution in [0.5, 0.6) is 0 Å². The minimum atomic E-state index is -0.288. The second-order valence-electron chi connectivity index (χ2n) is 6.91. The standard InChI is InChI=1S/C23H18N6O/c30-23(17-6-9-19(10-7-17)29-14-26-27-15-29)28-22(16-4-2-1-3-5-16)18-8-11-20-21(12-18)25-13-24-20/h1-15,22H,(H,24,25)(H,28,30). The van der Waals surface area contributed by atoms with E-state index in [9.17, 15) is 4.79 Å². The lowest BCUT2D eigenvalue weighted by molar-refractivity contribution is 0.0943. The first-order valence-corrected chi connectivity index (χ1v) is 9.52. The zero-order valence-electron chi connectivity index (χ0n) is 15.9. The van der Waals surface area contributed by atoms with Crippen molar-refractivity contribution in [3.05, 3.63) is 108 Å². The molecule has 2 aromatic heterocycles. The quantitative estimate of drug-likeness (QED) is 0.476. The Morgan fingerprint density at radius 2 is 1.67 bits per heavy atom. The van der Waals surface area contributed by atoms with Gasteiger partial charge in [0.25, 0.3) is 5.91 Å². The smallest absolute Gasteiger partial charge is 0.252 e. The summed E-state index contributed by atoms with van der Waals surface area (Å²) in [4.78, 5) is 20.5. The highest BCUT2D eigenvalue weighted by atomic mass is 16.1. The molecule has 3 aromatic carbocycles. The zero-order chi connectivity index (χ0) is 20.3. The predicted octanol–water partition coefficient (Wildman–Crippen LogP) is 3.66. The lowest BCUT2D eigenvalue weighted by Gasteiger charge is -2.20. The van der Waals surface area contributed by atoms with Crippen LogP contribution in [0.3, 0.4) is 0 Å². The predicted molar refractivity (Wildman–Crippen MR) is 113 cm³/mol. The Morgan fingerprint density at radius 3 is 2.43 bits per heavy atom. The van der Waals surface area contributed by atoms with Crippen LogP contribution in [0, 0.1) is 0 Å². The van der Waals surface area contributed by atoms with Crippen molar-refractivity contribution in [1.82, 2.24) is 30.0 Å². The van der Waals surface area contributed by atoms with E-state index >= 15 is 0 Å². The van der Waals surface area contributed by atoms with Gasteiger partial charge in [0.05, 0.1) is 23.4 Å². The van der Waals surface area contributed by atoms with Crippen LogP contribution in [0.15, 0.2) is 91.8 Å². The van der Waals surface area contributed by atoms with Crippen LogP contribution in [-0.2, 0) is 0 Å². The van der Waals surface area contributed by atoms with Gasteiger partial charge in [0, 0.05) is 11.3 Å². The maximum absolute atomic E-state index is 13.1.